The van der Waals surface area contributed by atoms with Crippen molar-refractivity contribution in [3.05, 3.63) is 42.0 Å². The predicted molar refractivity (Wildman–Crippen MR) is 69.9 cm³/mol. The quantitative estimate of drug-likeness (QED) is 0.829. The van der Waals surface area contributed by atoms with Crippen LogP contribution in [0.25, 0.3) is 0 Å². The number of aromatic amines is 1. The van der Waals surface area contributed by atoms with Crippen LogP contribution in [0.4, 0.5) is 0 Å². The number of carbonyl (C=O) groups excluding carboxylic acids is 1. The minimum absolute atomic E-state index is 0.00707. The molecule has 7 heteroatoms. The summed E-state index contributed by atoms with van der Waals surface area (Å²) >= 11 is 0. The molecule has 0 radical (unpaired) electrons. The average Bonchev–Trinajstić information content (AvgIpc) is 3.12. The zero-order valence-electron chi connectivity index (χ0n) is 10.8. The van der Waals surface area contributed by atoms with Crippen LogP contribution in [0.1, 0.15) is 16.1 Å². The summed E-state index contributed by atoms with van der Waals surface area (Å²) in [6.45, 7) is 1.17. The minimum Gasteiger partial charge on any atom is -0.379 e. The topological polar surface area (TPSA) is 92.8 Å². The lowest BCUT2D eigenvalue weighted by molar-refractivity contribution is 0.0920. The third kappa shape index (κ3) is 2.83. The molecule has 0 bridgehead atoms. The molecule has 0 unspecified atom stereocenters. The number of hydrogen-bond acceptors (Lipinski definition) is 5. The van der Waals surface area contributed by atoms with Gasteiger partial charge in [0.2, 0.25) is 0 Å². The molecule has 0 aromatic carbocycles. The summed E-state index contributed by atoms with van der Waals surface area (Å²) in [6.07, 6.45) is 5.80. The minimum atomic E-state index is -0.228. The van der Waals surface area contributed by atoms with Crippen molar-refractivity contribution >= 4 is 5.91 Å². The molecule has 2 aromatic rings. The largest absolute Gasteiger partial charge is 0.379 e. The molecule has 1 fully saturated rings. The summed E-state index contributed by atoms with van der Waals surface area (Å²) in [5, 5.41) is 12.8. The van der Waals surface area contributed by atoms with Gasteiger partial charge in [0.05, 0.1) is 25.5 Å². The second kappa shape index (κ2) is 5.79. The standard InChI is InChI=1S/C13H15N5O2/c19-13(11-6-15-18-17-11)16-12-8-20-7-10(12)5-9-1-3-14-4-2-9/h1-4,6,10,12H,5,7-8H2,(H,16,19)(H,15,17,18)/t10-,12-/m1/s1. The second-order valence-corrected chi connectivity index (χ2v) is 4.79. The van der Waals surface area contributed by atoms with Crippen molar-refractivity contribution in [2.75, 3.05) is 13.2 Å². The molecule has 20 heavy (non-hydrogen) atoms. The highest BCUT2D eigenvalue weighted by molar-refractivity contribution is 5.92. The van der Waals surface area contributed by atoms with Crippen molar-refractivity contribution in [1.82, 2.24) is 25.7 Å². The van der Waals surface area contributed by atoms with Gasteiger partial charge in [-0.3, -0.25) is 9.78 Å². The Labute approximate surface area is 115 Å². The van der Waals surface area contributed by atoms with Crippen LogP contribution in [-0.2, 0) is 11.2 Å². The summed E-state index contributed by atoms with van der Waals surface area (Å²) in [7, 11) is 0. The molecule has 0 saturated carbocycles. The molecule has 104 valence electrons. The number of carbonyl (C=O) groups is 1. The molecule has 1 aliphatic rings. The van der Waals surface area contributed by atoms with E-state index in [4.69, 9.17) is 4.74 Å². The average molecular weight is 273 g/mol. The number of nitrogens with one attached hydrogen (secondary N) is 2. The number of ether oxygens (including phenoxy) is 1. The van der Waals surface area contributed by atoms with Crippen LogP contribution < -0.4 is 5.32 Å². The maximum atomic E-state index is 12.0. The number of rotatable bonds is 4. The van der Waals surface area contributed by atoms with Crippen molar-refractivity contribution in [3.8, 4) is 0 Å². The molecular weight excluding hydrogens is 258 g/mol. The summed E-state index contributed by atoms with van der Waals surface area (Å²) < 4.78 is 5.49. The van der Waals surface area contributed by atoms with E-state index in [2.05, 4.69) is 25.7 Å². The van der Waals surface area contributed by atoms with Crippen LogP contribution in [-0.4, -0.2) is 45.6 Å². The third-order valence-corrected chi connectivity index (χ3v) is 3.41. The van der Waals surface area contributed by atoms with Gasteiger partial charge in [0.25, 0.3) is 5.91 Å². The van der Waals surface area contributed by atoms with Crippen molar-refractivity contribution in [1.29, 1.82) is 0 Å². The zero-order chi connectivity index (χ0) is 13.8. The molecule has 0 spiro atoms. The summed E-state index contributed by atoms with van der Waals surface area (Å²) in [5.74, 6) is 0.0298. The summed E-state index contributed by atoms with van der Waals surface area (Å²) in [4.78, 5) is 16.0. The van der Waals surface area contributed by atoms with Crippen LogP contribution in [0.15, 0.2) is 30.7 Å². The molecule has 0 aliphatic carbocycles. The summed E-state index contributed by atoms with van der Waals surface area (Å²) in [5.41, 5.74) is 1.48. The Hall–Kier alpha value is -2.28. The Kier molecular flexibility index (Phi) is 3.69. The highest BCUT2D eigenvalue weighted by Gasteiger charge is 2.30. The van der Waals surface area contributed by atoms with E-state index in [0.717, 1.165) is 6.42 Å². The normalized spacial score (nSPS) is 21.8. The Bertz CT molecular complexity index is 557. The first-order valence-corrected chi connectivity index (χ1v) is 6.46. The SMILES string of the molecule is O=C(N[C@@H]1COC[C@H]1Cc1ccncc1)c1cn[nH]n1. The van der Waals surface area contributed by atoms with Crippen molar-refractivity contribution in [3.63, 3.8) is 0 Å². The monoisotopic (exact) mass is 273 g/mol. The molecule has 1 amide bonds. The van der Waals surface area contributed by atoms with Crippen LogP contribution in [0, 0.1) is 5.92 Å². The van der Waals surface area contributed by atoms with Gasteiger partial charge in [-0.1, -0.05) is 0 Å². The van der Waals surface area contributed by atoms with E-state index in [9.17, 15) is 4.79 Å². The van der Waals surface area contributed by atoms with Crippen molar-refractivity contribution < 1.29 is 9.53 Å². The van der Waals surface area contributed by atoms with E-state index in [-0.39, 0.29) is 17.9 Å². The van der Waals surface area contributed by atoms with Gasteiger partial charge >= 0.3 is 0 Å². The van der Waals surface area contributed by atoms with Gasteiger partial charge in [0, 0.05) is 18.3 Å². The molecule has 2 aromatic heterocycles. The fraction of sp³-hybridized carbons (Fsp3) is 0.385. The molecule has 7 nitrogen and oxygen atoms in total. The van der Waals surface area contributed by atoms with E-state index < -0.39 is 0 Å². The molecule has 3 rings (SSSR count). The number of H-pyrrole nitrogens is 1. The van der Waals surface area contributed by atoms with Crippen molar-refractivity contribution in [2.45, 2.75) is 12.5 Å². The maximum absolute atomic E-state index is 12.0. The number of nitrogens with zero attached hydrogens (tertiary/aromatic N) is 3. The lowest BCUT2D eigenvalue weighted by atomic mass is 9.95. The smallest absolute Gasteiger partial charge is 0.273 e. The molecule has 2 atom stereocenters. The van der Waals surface area contributed by atoms with E-state index in [1.165, 1.54) is 11.8 Å². The van der Waals surface area contributed by atoms with Gasteiger partial charge in [-0.2, -0.15) is 15.4 Å². The van der Waals surface area contributed by atoms with E-state index in [1.54, 1.807) is 12.4 Å². The molecule has 2 N–H and O–H groups in total. The van der Waals surface area contributed by atoms with Gasteiger partial charge in [-0.05, 0) is 24.1 Å². The van der Waals surface area contributed by atoms with Crippen LogP contribution in [0.2, 0.25) is 0 Å². The highest BCUT2D eigenvalue weighted by atomic mass is 16.5. The Morgan fingerprint density at radius 3 is 3.00 bits per heavy atom. The van der Waals surface area contributed by atoms with Gasteiger partial charge < -0.3 is 10.1 Å². The summed E-state index contributed by atoms with van der Waals surface area (Å²) in [6, 6.07) is 3.95. The Morgan fingerprint density at radius 1 is 1.40 bits per heavy atom. The molecule has 3 heterocycles. The number of aromatic nitrogens is 4. The zero-order valence-corrected chi connectivity index (χ0v) is 10.8. The van der Waals surface area contributed by atoms with Gasteiger partial charge in [0.15, 0.2) is 5.69 Å². The van der Waals surface area contributed by atoms with Crippen LogP contribution in [0.3, 0.4) is 0 Å². The number of pyridine rings is 1. The van der Waals surface area contributed by atoms with E-state index >= 15 is 0 Å². The molecule has 1 saturated heterocycles. The molecular formula is C13H15N5O2. The van der Waals surface area contributed by atoms with E-state index in [0.29, 0.717) is 18.9 Å². The highest BCUT2D eigenvalue weighted by Crippen LogP contribution is 2.19. The van der Waals surface area contributed by atoms with Crippen LogP contribution >= 0.6 is 0 Å². The Balaban J connectivity index is 1.62. The van der Waals surface area contributed by atoms with Gasteiger partial charge in [-0.25, -0.2) is 0 Å². The van der Waals surface area contributed by atoms with E-state index in [1.807, 2.05) is 12.1 Å². The maximum Gasteiger partial charge on any atom is 0.273 e. The van der Waals surface area contributed by atoms with Gasteiger partial charge in [-0.15, -0.1) is 0 Å². The first-order valence-electron chi connectivity index (χ1n) is 6.46. The van der Waals surface area contributed by atoms with Crippen molar-refractivity contribution in [2.24, 2.45) is 5.92 Å². The lowest BCUT2D eigenvalue weighted by Gasteiger charge is -2.18. The fourth-order valence-corrected chi connectivity index (χ4v) is 2.33. The second-order valence-electron chi connectivity index (χ2n) is 4.79. The third-order valence-electron chi connectivity index (χ3n) is 3.41. The fourth-order valence-electron chi connectivity index (χ4n) is 2.33. The lowest BCUT2D eigenvalue weighted by Crippen LogP contribution is -2.40. The predicted octanol–water partition coefficient (Wildman–Crippen LogP) is 0.187. The Morgan fingerprint density at radius 2 is 2.25 bits per heavy atom. The number of amides is 1. The molecule has 1 aliphatic heterocycles. The number of hydrogen-bond donors (Lipinski definition) is 2. The first kappa shape index (κ1) is 12.7. The van der Waals surface area contributed by atoms with Gasteiger partial charge in [0.1, 0.15) is 0 Å². The first-order chi connectivity index (χ1) is 9.83. The van der Waals surface area contributed by atoms with Crippen LogP contribution in [0.5, 0.6) is 0 Å².